The molecule has 1 spiro atoms. The molecule has 6 nitrogen and oxygen atoms in total. The first-order valence-electron chi connectivity index (χ1n) is 9.15. The zero-order chi connectivity index (χ0) is 17.0. The molecule has 0 radical (unpaired) electrons. The van der Waals surface area contributed by atoms with Crippen molar-refractivity contribution in [3.63, 3.8) is 0 Å². The fourth-order valence-corrected chi connectivity index (χ4v) is 6.75. The SMILES string of the molecule is N#CC1(C(=O)N[C@@H]2CCCN(S(=O)(=O)C3CC3)C2)CC12CCCC2. The van der Waals surface area contributed by atoms with Crippen molar-refractivity contribution in [2.75, 3.05) is 13.1 Å². The lowest BCUT2D eigenvalue weighted by Gasteiger charge is -2.33. The van der Waals surface area contributed by atoms with Gasteiger partial charge in [0.25, 0.3) is 0 Å². The van der Waals surface area contributed by atoms with Crippen molar-refractivity contribution >= 4 is 15.9 Å². The van der Waals surface area contributed by atoms with Crippen LogP contribution in [0, 0.1) is 22.2 Å². The molecule has 4 fully saturated rings. The number of carbonyl (C=O) groups is 1. The average molecular weight is 351 g/mol. The third kappa shape index (κ3) is 2.38. The van der Waals surface area contributed by atoms with E-state index in [2.05, 4.69) is 11.4 Å². The maximum absolute atomic E-state index is 12.8. The van der Waals surface area contributed by atoms with E-state index in [0.29, 0.717) is 19.5 Å². The van der Waals surface area contributed by atoms with Crippen LogP contribution in [0.5, 0.6) is 0 Å². The molecule has 1 aliphatic heterocycles. The highest BCUT2D eigenvalue weighted by atomic mass is 32.2. The zero-order valence-corrected chi connectivity index (χ0v) is 14.8. The van der Waals surface area contributed by atoms with E-state index < -0.39 is 15.4 Å². The van der Waals surface area contributed by atoms with Gasteiger partial charge in [-0.1, -0.05) is 12.8 Å². The molecule has 0 aromatic carbocycles. The summed E-state index contributed by atoms with van der Waals surface area (Å²) in [6, 6.07) is 2.14. The van der Waals surface area contributed by atoms with Crippen LogP contribution in [0.1, 0.15) is 57.8 Å². The highest BCUT2D eigenvalue weighted by molar-refractivity contribution is 7.90. The number of hydrogen-bond acceptors (Lipinski definition) is 4. The third-order valence-corrected chi connectivity index (χ3v) is 8.91. The molecular weight excluding hydrogens is 326 g/mol. The molecular formula is C17H25N3O3S. The molecule has 1 N–H and O–H groups in total. The molecule has 4 rings (SSSR count). The molecule has 0 aromatic heterocycles. The normalized spacial score (nSPS) is 35.5. The predicted molar refractivity (Wildman–Crippen MR) is 88.2 cm³/mol. The Bertz CT molecular complexity index is 688. The van der Waals surface area contributed by atoms with Gasteiger partial charge in [0.05, 0.1) is 11.3 Å². The largest absolute Gasteiger partial charge is 0.351 e. The topological polar surface area (TPSA) is 90.3 Å². The second kappa shape index (κ2) is 5.43. The van der Waals surface area contributed by atoms with E-state index in [1.165, 1.54) is 0 Å². The number of hydrogen-bond donors (Lipinski definition) is 1. The Balaban J connectivity index is 1.42. The third-order valence-electron chi connectivity index (χ3n) is 6.55. The van der Waals surface area contributed by atoms with Crippen molar-refractivity contribution in [2.24, 2.45) is 10.8 Å². The number of amides is 1. The van der Waals surface area contributed by atoms with Crippen LogP contribution in [0.2, 0.25) is 0 Å². The van der Waals surface area contributed by atoms with Gasteiger partial charge in [-0.05, 0) is 44.9 Å². The van der Waals surface area contributed by atoms with Crippen LogP contribution in [-0.4, -0.2) is 43.0 Å². The molecule has 0 bridgehead atoms. The fraction of sp³-hybridized carbons (Fsp3) is 0.882. The standard InChI is InChI=1S/C17H25N3O3S/c18-12-17(11-16(17)7-1-2-8-16)15(21)19-13-4-3-9-20(10-13)24(22,23)14-5-6-14/h13-14H,1-11H2,(H,19,21)/t13-,17?/m1/s1. The van der Waals surface area contributed by atoms with Crippen molar-refractivity contribution in [3.05, 3.63) is 0 Å². The van der Waals surface area contributed by atoms with E-state index in [1.807, 2.05) is 0 Å². The highest BCUT2D eigenvalue weighted by Crippen LogP contribution is 2.71. The lowest BCUT2D eigenvalue weighted by Crippen LogP contribution is -2.52. The van der Waals surface area contributed by atoms with Crippen molar-refractivity contribution in [3.8, 4) is 6.07 Å². The van der Waals surface area contributed by atoms with E-state index in [0.717, 1.165) is 51.4 Å². The second-order valence-electron chi connectivity index (χ2n) is 8.10. The zero-order valence-electron chi connectivity index (χ0n) is 14.0. The second-order valence-corrected chi connectivity index (χ2v) is 10.3. The van der Waals surface area contributed by atoms with Crippen LogP contribution < -0.4 is 5.32 Å². The van der Waals surface area contributed by atoms with Gasteiger partial charge in [0.15, 0.2) is 0 Å². The first-order chi connectivity index (χ1) is 11.4. The Morgan fingerprint density at radius 2 is 1.88 bits per heavy atom. The van der Waals surface area contributed by atoms with Crippen molar-refractivity contribution in [2.45, 2.75) is 69.1 Å². The first kappa shape index (κ1) is 16.3. The Hall–Kier alpha value is -1.13. The van der Waals surface area contributed by atoms with E-state index >= 15 is 0 Å². The maximum atomic E-state index is 12.8. The molecule has 0 aromatic rings. The van der Waals surface area contributed by atoms with E-state index in [-0.39, 0.29) is 22.6 Å². The number of nitrogens with zero attached hydrogens (tertiary/aromatic N) is 2. The van der Waals surface area contributed by atoms with Gasteiger partial charge < -0.3 is 5.32 Å². The highest BCUT2D eigenvalue weighted by Gasteiger charge is 2.72. The molecule has 1 heterocycles. The molecule has 1 saturated heterocycles. The molecule has 132 valence electrons. The Kier molecular flexibility index (Phi) is 3.70. The molecule has 1 amide bonds. The lowest BCUT2D eigenvalue weighted by molar-refractivity contribution is -0.126. The summed E-state index contributed by atoms with van der Waals surface area (Å²) in [7, 11) is -3.19. The van der Waals surface area contributed by atoms with Gasteiger partial charge in [-0.25, -0.2) is 8.42 Å². The summed E-state index contributed by atoms with van der Waals surface area (Å²) in [5.41, 5.74) is -0.957. The van der Waals surface area contributed by atoms with E-state index in [1.54, 1.807) is 4.31 Å². The van der Waals surface area contributed by atoms with Crippen LogP contribution in [0.15, 0.2) is 0 Å². The van der Waals surface area contributed by atoms with Gasteiger partial charge in [-0.3, -0.25) is 4.79 Å². The molecule has 24 heavy (non-hydrogen) atoms. The quantitative estimate of drug-likeness (QED) is 0.832. The molecule has 1 unspecified atom stereocenters. The van der Waals surface area contributed by atoms with Crippen LogP contribution in [-0.2, 0) is 14.8 Å². The van der Waals surface area contributed by atoms with Gasteiger partial charge in [-0.15, -0.1) is 0 Å². The van der Waals surface area contributed by atoms with E-state index in [9.17, 15) is 18.5 Å². The smallest absolute Gasteiger partial charge is 0.241 e. The van der Waals surface area contributed by atoms with Crippen molar-refractivity contribution in [1.82, 2.24) is 9.62 Å². The number of carbonyl (C=O) groups excluding carboxylic acids is 1. The number of sulfonamides is 1. The molecule has 7 heteroatoms. The number of rotatable bonds is 4. The van der Waals surface area contributed by atoms with Gasteiger partial charge in [0.2, 0.25) is 15.9 Å². The van der Waals surface area contributed by atoms with Crippen molar-refractivity contribution in [1.29, 1.82) is 5.26 Å². The molecule has 4 aliphatic rings. The maximum Gasteiger partial charge on any atom is 0.241 e. The minimum absolute atomic E-state index is 0.0969. The van der Waals surface area contributed by atoms with E-state index in [4.69, 9.17) is 0 Å². The van der Waals surface area contributed by atoms with Crippen LogP contribution in [0.4, 0.5) is 0 Å². The monoisotopic (exact) mass is 351 g/mol. The summed E-state index contributed by atoms with van der Waals surface area (Å²) in [4.78, 5) is 12.8. The summed E-state index contributed by atoms with van der Waals surface area (Å²) in [5, 5.41) is 12.4. The molecule has 2 atom stereocenters. The minimum Gasteiger partial charge on any atom is -0.351 e. The van der Waals surface area contributed by atoms with Gasteiger partial charge in [0, 0.05) is 24.5 Å². The summed E-state index contributed by atoms with van der Waals surface area (Å²) < 4.78 is 26.4. The lowest BCUT2D eigenvalue weighted by atomic mass is 9.91. The summed E-state index contributed by atoms with van der Waals surface area (Å²) in [5.74, 6) is -0.164. The number of nitrogens with one attached hydrogen (secondary N) is 1. The molecule has 3 saturated carbocycles. The summed E-state index contributed by atoms with van der Waals surface area (Å²) >= 11 is 0. The van der Waals surface area contributed by atoms with Crippen LogP contribution >= 0.6 is 0 Å². The van der Waals surface area contributed by atoms with Crippen LogP contribution in [0.3, 0.4) is 0 Å². The van der Waals surface area contributed by atoms with Crippen LogP contribution in [0.25, 0.3) is 0 Å². The Labute approximate surface area is 143 Å². The Morgan fingerprint density at radius 1 is 1.17 bits per heavy atom. The first-order valence-corrected chi connectivity index (χ1v) is 10.7. The van der Waals surface area contributed by atoms with Gasteiger partial charge in [0.1, 0.15) is 5.41 Å². The number of piperidine rings is 1. The van der Waals surface area contributed by atoms with Gasteiger partial charge in [-0.2, -0.15) is 9.57 Å². The Morgan fingerprint density at radius 3 is 2.50 bits per heavy atom. The fourth-order valence-electron chi connectivity index (χ4n) is 4.83. The van der Waals surface area contributed by atoms with Crippen molar-refractivity contribution < 1.29 is 13.2 Å². The molecule has 3 aliphatic carbocycles. The average Bonchev–Trinajstić information content (AvgIpc) is 3.45. The predicted octanol–water partition coefficient (Wildman–Crippen LogP) is 1.53. The van der Waals surface area contributed by atoms with Gasteiger partial charge >= 0.3 is 0 Å². The minimum atomic E-state index is -3.19. The summed E-state index contributed by atoms with van der Waals surface area (Å²) in [6.45, 7) is 0.914. The summed E-state index contributed by atoms with van der Waals surface area (Å²) in [6.07, 6.45) is 7.91. The number of nitriles is 1.